The van der Waals surface area contributed by atoms with Crippen LogP contribution in [0.15, 0.2) is 18.2 Å². The Balaban J connectivity index is 2.62. The molecule has 1 aliphatic rings. The van der Waals surface area contributed by atoms with Crippen molar-refractivity contribution >= 4 is 17.5 Å². The number of benzene rings is 1. The van der Waals surface area contributed by atoms with Crippen molar-refractivity contribution in [2.24, 2.45) is 0 Å². The Morgan fingerprint density at radius 2 is 2.06 bits per heavy atom. The Bertz CT molecular complexity index is 586. The molecule has 0 saturated heterocycles. The molecule has 17 heavy (non-hydrogen) atoms. The molecule has 0 atom stereocenters. The van der Waals surface area contributed by atoms with Crippen LogP contribution in [0.1, 0.15) is 20.7 Å². The normalized spacial score (nSPS) is 13.5. The molecular weight excluding hydrogens is 224 g/mol. The second-order valence-corrected chi connectivity index (χ2v) is 3.36. The van der Waals surface area contributed by atoms with Crippen LogP contribution < -0.4 is 0 Å². The zero-order valence-electron chi connectivity index (χ0n) is 8.54. The van der Waals surface area contributed by atoms with Crippen molar-refractivity contribution in [3.63, 3.8) is 0 Å². The van der Waals surface area contributed by atoms with Gasteiger partial charge in [0.25, 0.3) is 17.5 Å². The highest BCUT2D eigenvalue weighted by molar-refractivity contribution is 6.23. The van der Waals surface area contributed by atoms with E-state index in [0.29, 0.717) is 0 Å². The van der Waals surface area contributed by atoms with Crippen LogP contribution in [0.5, 0.6) is 0 Å². The highest BCUT2D eigenvalue weighted by Crippen LogP contribution is 2.30. The van der Waals surface area contributed by atoms with Gasteiger partial charge in [0.15, 0.2) is 0 Å². The van der Waals surface area contributed by atoms with Crippen LogP contribution >= 0.6 is 0 Å². The van der Waals surface area contributed by atoms with Gasteiger partial charge in [-0.25, -0.2) is 0 Å². The summed E-state index contributed by atoms with van der Waals surface area (Å²) in [6.45, 7) is -0.191. The van der Waals surface area contributed by atoms with Crippen molar-refractivity contribution in [3.8, 4) is 12.3 Å². The fraction of sp³-hybridized carbons (Fsp3) is 0.0909. The Hall–Kier alpha value is -2.68. The lowest BCUT2D eigenvalue weighted by Gasteiger charge is -2.07. The summed E-state index contributed by atoms with van der Waals surface area (Å²) in [6.07, 6.45) is 5.04. The Labute approximate surface area is 96.0 Å². The van der Waals surface area contributed by atoms with Crippen molar-refractivity contribution in [1.29, 1.82) is 0 Å². The minimum absolute atomic E-state index is 0.0273. The van der Waals surface area contributed by atoms with Gasteiger partial charge in [-0.15, -0.1) is 6.42 Å². The van der Waals surface area contributed by atoms with E-state index in [1.165, 1.54) is 18.2 Å². The highest BCUT2D eigenvalue weighted by Gasteiger charge is 2.40. The third-order valence-corrected chi connectivity index (χ3v) is 2.42. The van der Waals surface area contributed by atoms with Gasteiger partial charge in [-0.3, -0.25) is 24.6 Å². The zero-order valence-corrected chi connectivity index (χ0v) is 8.54. The topological polar surface area (TPSA) is 80.5 Å². The number of hydrogen-bond donors (Lipinski definition) is 0. The van der Waals surface area contributed by atoms with Crippen LogP contribution in [0, 0.1) is 22.5 Å². The third kappa shape index (κ3) is 1.45. The van der Waals surface area contributed by atoms with Gasteiger partial charge in [0.1, 0.15) is 5.56 Å². The molecule has 1 aromatic rings. The molecule has 1 aliphatic heterocycles. The molecule has 1 heterocycles. The van der Waals surface area contributed by atoms with Crippen molar-refractivity contribution < 1.29 is 14.5 Å². The first-order chi connectivity index (χ1) is 8.07. The van der Waals surface area contributed by atoms with Crippen LogP contribution in [-0.2, 0) is 0 Å². The maximum atomic E-state index is 11.8. The fourth-order valence-electron chi connectivity index (χ4n) is 1.70. The molecule has 0 bridgehead atoms. The third-order valence-electron chi connectivity index (χ3n) is 2.42. The predicted molar refractivity (Wildman–Crippen MR) is 57.3 cm³/mol. The molecule has 0 aliphatic carbocycles. The number of amides is 2. The molecule has 6 heteroatoms. The van der Waals surface area contributed by atoms with Gasteiger partial charge < -0.3 is 0 Å². The minimum Gasteiger partial charge on any atom is -0.269 e. The maximum Gasteiger partial charge on any atom is 0.282 e. The van der Waals surface area contributed by atoms with E-state index in [4.69, 9.17) is 6.42 Å². The number of imide groups is 1. The monoisotopic (exact) mass is 230 g/mol. The largest absolute Gasteiger partial charge is 0.282 e. The van der Waals surface area contributed by atoms with Gasteiger partial charge in [-0.05, 0) is 6.07 Å². The van der Waals surface area contributed by atoms with E-state index in [9.17, 15) is 19.7 Å². The molecular formula is C11H6N2O4. The lowest BCUT2D eigenvalue weighted by molar-refractivity contribution is -0.385. The smallest absolute Gasteiger partial charge is 0.269 e. The zero-order chi connectivity index (χ0) is 12.6. The number of carbonyl (C=O) groups excluding carboxylic acids is 2. The maximum absolute atomic E-state index is 11.8. The number of terminal acetylenes is 1. The van der Waals surface area contributed by atoms with Crippen LogP contribution in [0.2, 0.25) is 0 Å². The molecule has 0 aromatic heterocycles. The number of carbonyl (C=O) groups is 2. The summed E-state index contributed by atoms with van der Waals surface area (Å²) < 4.78 is 0. The van der Waals surface area contributed by atoms with E-state index < -0.39 is 16.7 Å². The molecule has 1 aromatic carbocycles. The van der Waals surface area contributed by atoms with E-state index in [1.807, 2.05) is 0 Å². The van der Waals surface area contributed by atoms with E-state index >= 15 is 0 Å². The lowest BCUT2D eigenvalue weighted by Crippen LogP contribution is -2.30. The van der Waals surface area contributed by atoms with Gasteiger partial charge >= 0.3 is 0 Å². The molecule has 0 fully saturated rings. The highest BCUT2D eigenvalue weighted by atomic mass is 16.6. The lowest BCUT2D eigenvalue weighted by atomic mass is 10.1. The summed E-state index contributed by atoms with van der Waals surface area (Å²) in [5, 5.41) is 10.8. The average molecular weight is 230 g/mol. The summed E-state index contributed by atoms with van der Waals surface area (Å²) in [7, 11) is 0. The van der Waals surface area contributed by atoms with Gasteiger partial charge in [0.05, 0.1) is 17.0 Å². The number of nitro groups is 1. The first-order valence-electron chi connectivity index (χ1n) is 4.65. The Kier molecular flexibility index (Phi) is 2.37. The number of nitrogens with zero attached hydrogens (tertiary/aromatic N) is 2. The van der Waals surface area contributed by atoms with E-state index in [1.54, 1.807) is 0 Å². The average Bonchev–Trinajstić information content (AvgIpc) is 2.55. The van der Waals surface area contributed by atoms with Crippen molar-refractivity contribution in [3.05, 3.63) is 39.4 Å². The Morgan fingerprint density at radius 1 is 1.35 bits per heavy atom. The number of nitro benzene ring substituents is 1. The van der Waals surface area contributed by atoms with Gasteiger partial charge in [-0.2, -0.15) is 0 Å². The molecule has 2 rings (SSSR count). The Morgan fingerprint density at radius 3 is 2.65 bits per heavy atom. The predicted octanol–water partition coefficient (Wildman–Crippen LogP) is 0.824. The van der Waals surface area contributed by atoms with Gasteiger partial charge in [0.2, 0.25) is 0 Å². The van der Waals surface area contributed by atoms with Crippen molar-refractivity contribution in [2.75, 3.05) is 6.54 Å². The summed E-state index contributed by atoms with van der Waals surface area (Å²) in [6, 6.07) is 3.92. The second kappa shape index (κ2) is 3.72. The first-order valence-corrected chi connectivity index (χ1v) is 4.65. The van der Waals surface area contributed by atoms with E-state index in [2.05, 4.69) is 5.92 Å². The molecule has 2 amide bonds. The van der Waals surface area contributed by atoms with Crippen molar-refractivity contribution in [2.45, 2.75) is 0 Å². The summed E-state index contributed by atoms with van der Waals surface area (Å²) >= 11 is 0. The second-order valence-electron chi connectivity index (χ2n) is 3.36. The van der Waals surface area contributed by atoms with E-state index in [-0.39, 0.29) is 23.4 Å². The number of rotatable bonds is 2. The standard InChI is InChI=1S/C11H6N2O4/c1-2-6-12-10(14)7-4-3-5-8(13(16)17)9(7)11(12)15/h1,3-5H,6H2. The van der Waals surface area contributed by atoms with E-state index in [0.717, 1.165) is 4.90 Å². The molecule has 0 unspecified atom stereocenters. The number of hydrogen-bond acceptors (Lipinski definition) is 4. The van der Waals surface area contributed by atoms with Crippen LogP contribution in [-0.4, -0.2) is 28.2 Å². The molecule has 0 radical (unpaired) electrons. The van der Waals surface area contributed by atoms with Gasteiger partial charge in [0, 0.05) is 6.07 Å². The summed E-state index contributed by atoms with van der Waals surface area (Å²) in [5.74, 6) is 0.865. The van der Waals surface area contributed by atoms with Crippen LogP contribution in [0.3, 0.4) is 0 Å². The minimum atomic E-state index is -0.713. The van der Waals surface area contributed by atoms with Gasteiger partial charge in [-0.1, -0.05) is 12.0 Å². The quantitative estimate of drug-likeness (QED) is 0.326. The molecule has 0 spiro atoms. The number of fused-ring (bicyclic) bond motifs is 1. The fourth-order valence-corrected chi connectivity index (χ4v) is 1.70. The molecule has 84 valence electrons. The first kappa shape index (κ1) is 10.8. The molecule has 0 saturated carbocycles. The van der Waals surface area contributed by atoms with Crippen molar-refractivity contribution in [1.82, 2.24) is 4.90 Å². The van der Waals surface area contributed by atoms with Crippen LogP contribution in [0.25, 0.3) is 0 Å². The summed E-state index contributed by atoms with van der Waals surface area (Å²) in [4.78, 5) is 34.5. The molecule has 0 N–H and O–H groups in total. The van der Waals surface area contributed by atoms with Crippen LogP contribution in [0.4, 0.5) is 5.69 Å². The SMILES string of the molecule is C#CCN1C(=O)c2cccc([N+](=O)[O-])c2C1=O. The molecule has 6 nitrogen and oxygen atoms in total. The summed E-state index contributed by atoms with van der Waals surface area (Å²) in [5.41, 5.74) is -0.530.